The van der Waals surface area contributed by atoms with Crippen LogP contribution in [0.4, 0.5) is 10.3 Å². The van der Waals surface area contributed by atoms with E-state index in [0.29, 0.717) is 16.0 Å². The van der Waals surface area contributed by atoms with Crippen molar-refractivity contribution in [3.05, 3.63) is 40.4 Å². The fourth-order valence-electron chi connectivity index (χ4n) is 2.26. The highest BCUT2D eigenvalue weighted by Crippen LogP contribution is 2.33. The van der Waals surface area contributed by atoms with Gasteiger partial charge in [-0.25, -0.2) is 9.97 Å². The lowest BCUT2D eigenvalue weighted by atomic mass is 10.1. The van der Waals surface area contributed by atoms with E-state index in [1.807, 2.05) is 44.4 Å². The first-order chi connectivity index (χ1) is 11.9. The number of nitrogens with zero attached hydrogens (tertiary/aromatic N) is 2. The summed E-state index contributed by atoms with van der Waals surface area (Å²) in [5, 5.41) is 5.68. The Morgan fingerprint density at radius 3 is 2.80 bits per heavy atom. The lowest BCUT2D eigenvalue weighted by Gasteiger charge is -2.10. The molecule has 0 saturated heterocycles. The number of amides is 1. The summed E-state index contributed by atoms with van der Waals surface area (Å²) >= 11 is 2.75. The Hall–Kier alpha value is -2.45. The van der Waals surface area contributed by atoms with Gasteiger partial charge in [-0.3, -0.25) is 10.1 Å². The van der Waals surface area contributed by atoms with Gasteiger partial charge < -0.3 is 10.5 Å². The SMILES string of the molecule is Cc1cccc(OCC(=O)Nc2nc(C)c(-c3csc(N)n3)s2)c1C. The molecule has 0 atom stereocenters. The Kier molecular flexibility index (Phi) is 5.00. The molecule has 2 aromatic heterocycles. The standard InChI is InChI=1S/C17H18N4O2S2/c1-9-5-4-6-13(10(9)2)23-7-14(22)21-17-19-11(3)15(25-17)12-8-24-16(18)20-12/h4-6,8H,7H2,1-3H3,(H2,18,20)(H,19,21,22). The molecule has 0 unspecified atom stereocenters. The van der Waals surface area contributed by atoms with Crippen molar-refractivity contribution in [2.24, 2.45) is 0 Å². The molecule has 0 aliphatic heterocycles. The van der Waals surface area contributed by atoms with Crippen LogP contribution in [0, 0.1) is 20.8 Å². The second kappa shape index (κ2) is 7.20. The lowest BCUT2D eigenvalue weighted by molar-refractivity contribution is -0.118. The Morgan fingerprint density at radius 1 is 1.28 bits per heavy atom. The zero-order valence-electron chi connectivity index (χ0n) is 14.1. The van der Waals surface area contributed by atoms with Gasteiger partial charge in [0.05, 0.1) is 16.3 Å². The summed E-state index contributed by atoms with van der Waals surface area (Å²) in [6, 6.07) is 5.77. The van der Waals surface area contributed by atoms with Gasteiger partial charge in [-0.2, -0.15) is 0 Å². The minimum Gasteiger partial charge on any atom is -0.483 e. The minimum atomic E-state index is -0.251. The predicted molar refractivity (Wildman–Crippen MR) is 102 cm³/mol. The largest absolute Gasteiger partial charge is 0.483 e. The first kappa shape index (κ1) is 17.4. The van der Waals surface area contributed by atoms with Crippen LogP contribution in [0.5, 0.6) is 5.75 Å². The number of nitrogen functional groups attached to an aromatic ring is 1. The maximum absolute atomic E-state index is 12.1. The number of hydrogen-bond acceptors (Lipinski definition) is 7. The van der Waals surface area contributed by atoms with Gasteiger partial charge in [0.25, 0.3) is 5.91 Å². The van der Waals surface area contributed by atoms with Crippen molar-refractivity contribution in [1.29, 1.82) is 0 Å². The van der Waals surface area contributed by atoms with Crippen LogP contribution in [-0.2, 0) is 4.79 Å². The van der Waals surface area contributed by atoms with Crippen molar-refractivity contribution in [1.82, 2.24) is 9.97 Å². The van der Waals surface area contributed by atoms with Gasteiger partial charge in [-0.05, 0) is 38.0 Å². The highest BCUT2D eigenvalue weighted by atomic mass is 32.1. The Balaban J connectivity index is 1.64. The molecule has 0 aliphatic carbocycles. The van der Waals surface area contributed by atoms with Crippen molar-refractivity contribution in [2.45, 2.75) is 20.8 Å². The molecule has 0 spiro atoms. The number of anilines is 2. The van der Waals surface area contributed by atoms with Gasteiger partial charge in [0.1, 0.15) is 5.75 Å². The van der Waals surface area contributed by atoms with Gasteiger partial charge in [0.2, 0.25) is 0 Å². The number of nitrogens with two attached hydrogens (primary N) is 1. The van der Waals surface area contributed by atoms with Crippen LogP contribution in [0.3, 0.4) is 0 Å². The molecule has 25 heavy (non-hydrogen) atoms. The van der Waals surface area contributed by atoms with Crippen LogP contribution >= 0.6 is 22.7 Å². The Bertz CT molecular complexity index is 917. The number of ether oxygens (including phenoxy) is 1. The summed E-state index contributed by atoms with van der Waals surface area (Å²) in [5.41, 5.74) is 9.42. The van der Waals surface area contributed by atoms with E-state index >= 15 is 0 Å². The number of nitrogens with one attached hydrogen (secondary N) is 1. The second-order valence-electron chi connectivity index (χ2n) is 5.54. The molecule has 0 radical (unpaired) electrons. The van der Waals surface area contributed by atoms with Crippen LogP contribution in [0.2, 0.25) is 0 Å². The van der Waals surface area contributed by atoms with Crippen molar-refractivity contribution in [2.75, 3.05) is 17.7 Å². The highest BCUT2D eigenvalue weighted by molar-refractivity contribution is 7.19. The number of hydrogen-bond donors (Lipinski definition) is 2. The van der Waals surface area contributed by atoms with Crippen LogP contribution in [-0.4, -0.2) is 22.5 Å². The first-order valence-electron chi connectivity index (χ1n) is 7.61. The van der Waals surface area contributed by atoms with E-state index in [-0.39, 0.29) is 12.5 Å². The normalized spacial score (nSPS) is 10.7. The molecule has 0 fully saturated rings. The molecule has 0 aliphatic rings. The monoisotopic (exact) mass is 374 g/mol. The van der Waals surface area contributed by atoms with E-state index in [0.717, 1.165) is 27.4 Å². The molecule has 3 aromatic rings. The van der Waals surface area contributed by atoms with Crippen LogP contribution in [0.25, 0.3) is 10.6 Å². The number of aromatic nitrogens is 2. The number of benzene rings is 1. The Labute approximate surface area is 153 Å². The molecule has 0 bridgehead atoms. The van der Waals surface area contributed by atoms with Crippen LogP contribution < -0.4 is 15.8 Å². The topological polar surface area (TPSA) is 90.1 Å². The third-order valence-corrected chi connectivity index (χ3v) is 5.48. The van der Waals surface area contributed by atoms with Gasteiger partial charge in [-0.15, -0.1) is 11.3 Å². The summed E-state index contributed by atoms with van der Waals surface area (Å²) in [6.07, 6.45) is 0. The molecule has 2 heterocycles. The third kappa shape index (κ3) is 3.97. The average molecular weight is 374 g/mol. The third-order valence-electron chi connectivity index (χ3n) is 3.71. The molecule has 3 rings (SSSR count). The van der Waals surface area contributed by atoms with E-state index in [4.69, 9.17) is 10.5 Å². The smallest absolute Gasteiger partial charge is 0.264 e. The van der Waals surface area contributed by atoms with Crippen molar-refractivity contribution < 1.29 is 9.53 Å². The zero-order chi connectivity index (χ0) is 18.0. The molecule has 1 aromatic carbocycles. The van der Waals surface area contributed by atoms with Gasteiger partial charge in [-0.1, -0.05) is 23.5 Å². The lowest BCUT2D eigenvalue weighted by Crippen LogP contribution is -2.20. The van der Waals surface area contributed by atoms with E-state index in [9.17, 15) is 4.79 Å². The summed E-state index contributed by atoms with van der Waals surface area (Å²) in [6.45, 7) is 5.79. The summed E-state index contributed by atoms with van der Waals surface area (Å²) < 4.78 is 5.61. The molecular formula is C17H18N4O2S2. The summed E-state index contributed by atoms with van der Waals surface area (Å²) in [5.74, 6) is 0.461. The van der Waals surface area contributed by atoms with Crippen molar-refractivity contribution in [3.63, 3.8) is 0 Å². The first-order valence-corrected chi connectivity index (χ1v) is 9.31. The van der Waals surface area contributed by atoms with E-state index in [1.165, 1.54) is 22.7 Å². The minimum absolute atomic E-state index is 0.0676. The molecular weight excluding hydrogens is 356 g/mol. The van der Waals surface area contributed by atoms with Crippen LogP contribution in [0.1, 0.15) is 16.8 Å². The Morgan fingerprint density at radius 2 is 2.08 bits per heavy atom. The zero-order valence-corrected chi connectivity index (χ0v) is 15.8. The fourth-order valence-corrected chi connectivity index (χ4v) is 3.83. The molecule has 1 amide bonds. The summed E-state index contributed by atoms with van der Waals surface area (Å²) in [7, 11) is 0. The fraction of sp³-hybridized carbons (Fsp3) is 0.235. The molecule has 6 nitrogen and oxygen atoms in total. The van der Waals surface area contributed by atoms with E-state index in [2.05, 4.69) is 15.3 Å². The maximum atomic E-state index is 12.1. The predicted octanol–water partition coefficient (Wildman–Crippen LogP) is 3.79. The summed E-state index contributed by atoms with van der Waals surface area (Å²) in [4.78, 5) is 21.7. The van der Waals surface area contributed by atoms with Crippen molar-refractivity contribution in [3.8, 4) is 16.3 Å². The number of rotatable bonds is 5. The number of carbonyl (C=O) groups is 1. The van der Waals surface area contributed by atoms with Crippen LogP contribution in [0.15, 0.2) is 23.6 Å². The molecule has 3 N–H and O–H groups in total. The highest BCUT2D eigenvalue weighted by Gasteiger charge is 2.14. The second-order valence-corrected chi connectivity index (χ2v) is 7.43. The maximum Gasteiger partial charge on any atom is 0.264 e. The molecule has 8 heteroatoms. The number of aryl methyl sites for hydroxylation is 2. The van der Waals surface area contributed by atoms with E-state index < -0.39 is 0 Å². The number of carbonyl (C=O) groups excluding carboxylic acids is 1. The van der Waals surface area contributed by atoms with E-state index in [1.54, 1.807) is 0 Å². The van der Waals surface area contributed by atoms with Gasteiger partial charge in [0, 0.05) is 5.38 Å². The quantitative estimate of drug-likeness (QED) is 0.709. The molecule has 130 valence electrons. The average Bonchev–Trinajstić information content (AvgIpc) is 3.14. The van der Waals surface area contributed by atoms with Gasteiger partial charge >= 0.3 is 0 Å². The number of thiazole rings is 2. The van der Waals surface area contributed by atoms with Crippen molar-refractivity contribution >= 4 is 38.8 Å². The molecule has 0 saturated carbocycles. The van der Waals surface area contributed by atoms with Gasteiger partial charge in [0.15, 0.2) is 16.9 Å².